The van der Waals surface area contributed by atoms with Gasteiger partial charge in [0.1, 0.15) is 5.69 Å². The van der Waals surface area contributed by atoms with Crippen molar-refractivity contribution in [3.05, 3.63) is 47.0 Å². The van der Waals surface area contributed by atoms with Crippen molar-refractivity contribution in [1.82, 2.24) is 9.55 Å². The van der Waals surface area contributed by atoms with E-state index in [9.17, 15) is 18.0 Å². The Kier molecular flexibility index (Phi) is 3.71. The molecule has 4 nitrogen and oxygen atoms in total. The van der Waals surface area contributed by atoms with Crippen LogP contribution in [0.25, 0.3) is 0 Å². The highest BCUT2D eigenvalue weighted by molar-refractivity contribution is 6.31. The molecule has 1 N–H and O–H groups in total. The Morgan fingerprint density at radius 2 is 2.10 bits per heavy atom. The number of carbonyl (C=O) groups is 1. The van der Waals surface area contributed by atoms with E-state index in [0.29, 0.717) is 0 Å². The number of halogens is 4. The average molecular weight is 304 g/mol. The molecule has 2 aromatic rings. The van der Waals surface area contributed by atoms with Crippen molar-refractivity contribution in [2.75, 3.05) is 5.32 Å². The summed E-state index contributed by atoms with van der Waals surface area (Å²) in [5.74, 6) is -0.555. The quantitative estimate of drug-likeness (QED) is 0.925. The molecule has 0 aliphatic carbocycles. The summed E-state index contributed by atoms with van der Waals surface area (Å²) in [4.78, 5) is 15.6. The zero-order valence-corrected chi connectivity index (χ0v) is 11.0. The van der Waals surface area contributed by atoms with Crippen molar-refractivity contribution in [3.63, 3.8) is 0 Å². The molecule has 20 heavy (non-hydrogen) atoms. The van der Waals surface area contributed by atoms with Gasteiger partial charge in [0, 0.05) is 12.7 Å². The molecule has 0 aliphatic rings. The third kappa shape index (κ3) is 2.93. The smallest absolute Gasteiger partial charge is 0.330 e. The molecule has 2 rings (SSSR count). The Hall–Kier alpha value is -2.02. The molecular formula is C12H9ClF3N3O. The Balaban J connectivity index is 2.27. The van der Waals surface area contributed by atoms with Crippen LogP contribution in [-0.4, -0.2) is 15.5 Å². The van der Waals surface area contributed by atoms with Crippen LogP contribution in [0.1, 0.15) is 16.1 Å². The second-order valence-corrected chi connectivity index (χ2v) is 4.44. The van der Waals surface area contributed by atoms with E-state index in [1.165, 1.54) is 23.2 Å². The Morgan fingerprint density at radius 1 is 1.40 bits per heavy atom. The predicted molar refractivity (Wildman–Crippen MR) is 67.6 cm³/mol. The van der Waals surface area contributed by atoms with E-state index < -0.39 is 22.7 Å². The normalized spacial score (nSPS) is 11.4. The van der Waals surface area contributed by atoms with E-state index in [1.807, 2.05) is 0 Å². The Bertz CT molecular complexity index is 652. The van der Waals surface area contributed by atoms with E-state index in [4.69, 9.17) is 11.6 Å². The lowest BCUT2D eigenvalue weighted by atomic mass is 10.2. The van der Waals surface area contributed by atoms with Crippen LogP contribution in [0.2, 0.25) is 5.02 Å². The number of hydrogen-bond donors (Lipinski definition) is 1. The summed E-state index contributed by atoms with van der Waals surface area (Å²) in [7, 11) is 1.60. The summed E-state index contributed by atoms with van der Waals surface area (Å²) in [6.07, 6.45) is -1.85. The number of hydrogen-bond acceptors (Lipinski definition) is 2. The van der Waals surface area contributed by atoms with Crippen LogP contribution in [0.3, 0.4) is 0 Å². The highest BCUT2D eigenvalue weighted by Crippen LogP contribution is 2.36. The number of imidazole rings is 1. The molecule has 0 unspecified atom stereocenters. The van der Waals surface area contributed by atoms with Gasteiger partial charge in [-0.1, -0.05) is 11.6 Å². The van der Waals surface area contributed by atoms with Crippen molar-refractivity contribution in [3.8, 4) is 0 Å². The summed E-state index contributed by atoms with van der Waals surface area (Å²) >= 11 is 5.50. The molecule has 0 fully saturated rings. The maximum absolute atomic E-state index is 12.7. The number of anilines is 1. The molecule has 1 aromatic carbocycles. The van der Waals surface area contributed by atoms with Gasteiger partial charge in [-0.2, -0.15) is 13.2 Å². The SMILES string of the molecule is Cn1cncc1C(=O)Nc1ccc(Cl)c(C(F)(F)F)c1. The summed E-state index contributed by atoms with van der Waals surface area (Å²) in [6, 6.07) is 3.17. The fourth-order valence-electron chi connectivity index (χ4n) is 1.59. The van der Waals surface area contributed by atoms with Crippen molar-refractivity contribution < 1.29 is 18.0 Å². The number of nitrogens with zero attached hydrogens (tertiary/aromatic N) is 2. The molecule has 0 spiro atoms. The summed E-state index contributed by atoms with van der Waals surface area (Å²) in [5, 5.41) is 1.95. The lowest BCUT2D eigenvalue weighted by Crippen LogP contribution is -2.16. The number of amides is 1. The average Bonchev–Trinajstić information content (AvgIpc) is 2.76. The highest BCUT2D eigenvalue weighted by Gasteiger charge is 2.33. The number of aromatic nitrogens is 2. The highest BCUT2D eigenvalue weighted by atomic mass is 35.5. The summed E-state index contributed by atoms with van der Waals surface area (Å²) in [5.41, 5.74) is -0.761. The van der Waals surface area contributed by atoms with Crippen molar-refractivity contribution in [2.45, 2.75) is 6.18 Å². The summed E-state index contributed by atoms with van der Waals surface area (Å²) in [6.45, 7) is 0. The number of rotatable bonds is 2. The lowest BCUT2D eigenvalue weighted by molar-refractivity contribution is -0.137. The molecule has 0 radical (unpaired) electrons. The van der Waals surface area contributed by atoms with E-state index in [1.54, 1.807) is 7.05 Å². The molecule has 106 valence electrons. The van der Waals surface area contributed by atoms with Gasteiger partial charge in [-0.05, 0) is 18.2 Å². The van der Waals surface area contributed by atoms with Crippen molar-refractivity contribution in [2.24, 2.45) is 7.05 Å². The first-order valence-electron chi connectivity index (χ1n) is 5.43. The van der Waals surface area contributed by atoms with Gasteiger partial charge in [0.05, 0.1) is 23.1 Å². The third-order valence-corrected chi connectivity index (χ3v) is 2.91. The molecule has 0 bridgehead atoms. The molecule has 0 aliphatic heterocycles. The van der Waals surface area contributed by atoms with Crippen LogP contribution in [-0.2, 0) is 13.2 Å². The molecule has 1 amide bonds. The maximum atomic E-state index is 12.7. The van der Waals surface area contributed by atoms with Gasteiger partial charge in [0.2, 0.25) is 0 Å². The number of nitrogens with one attached hydrogen (secondary N) is 1. The second kappa shape index (κ2) is 5.16. The standard InChI is InChI=1S/C12H9ClF3N3O/c1-19-6-17-5-10(19)11(20)18-7-2-3-9(13)8(4-7)12(14,15)16/h2-6H,1H3,(H,18,20). The zero-order chi connectivity index (χ0) is 14.9. The maximum Gasteiger partial charge on any atom is 0.417 e. The fourth-order valence-corrected chi connectivity index (χ4v) is 1.82. The molecule has 1 heterocycles. The van der Waals surface area contributed by atoms with Gasteiger partial charge in [0.15, 0.2) is 0 Å². The lowest BCUT2D eigenvalue weighted by Gasteiger charge is -2.11. The van der Waals surface area contributed by atoms with Crippen LogP contribution in [0.4, 0.5) is 18.9 Å². The van der Waals surface area contributed by atoms with Gasteiger partial charge < -0.3 is 9.88 Å². The van der Waals surface area contributed by atoms with E-state index in [0.717, 1.165) is 12.1 Å². The van der Waals surface area contributed by atoms with Gasteiger partial charge >= 0.3 is 6.18 Å². The minimum Gasteiger partial charge on any atom is -0.330 e. The van der Waals surface area contributed by atoms with Crippen LogP contribution < -0.4 is 5.32 Å². The monoisotopic (exact) mass is 303 g/mol. The minimum absolute atomic E-state index is 0.00734. The second-order valence-electron chi connectivity index (χ2n) is 4.04. The van der Waals surface area contributed by atoms with Gasteiger partial charge in [0.25, 0.3) is 5.91 Å². The van der Waals surface area contributed by atoms with Crippen molar-refractivity contribution >= 4 is 23.2 Å². The minimum atomic E-state index is -4.58. The van der Waals surface area contributed by atoms with Crippen LogP contribution in [0.15, 0.2) is 30.7 Å². The Labute approximate surface area is 117 Å². The number of aryl methyl sites for hydroxylation is 1. The van der Waals surface area contributed by atoms with Crippen molar-refractivity contribution in [1.29, 1.82) is 0 Å². The Morgan fingerprint density at radius 3 is 2.65 bits per heavy atom. The number of benzene rings is 1. The van der Waals surface area contributed by atoms with Gasteiger partial charge in [-0.15, -0.1) is 0 Å². The molecule has 0 atom stereocenters. The molecule has 0 saturated heterocycles. The first kappa shape index (κ1) is 14.4. The molecule has 1 aromatic heterocycles. The van der Waals surface area contributed by atoms with E-state index >= 15 is 0 Å². The first-order valence-corrected chi connectivity index (χ1v) is 5.81. The molecule has 8 heteroatoms. The first-order chi connectivity index (χ1) is 9.29. The third-order valence-electron chi connectivity index (χ3n) is 2.58. The number of carbonyl (C=O) groups excluding carboxylic acids is 1. The fraction of sp³-hybridized carbons (Fsp3) is 0.167. The van der Waals surface area contributed by atoms with Crippen LogP contribution >= 0.6 is 11.6 Å². The predicted octanol–water partition coefficient (Wildman–Crippen LogP) is 3.34. The summed E-state index contributed by atoms with van der Waals surface area (Å²) < 4.78 is 39.5. The van der Waals surface area contributed by atoms with Crippen LogP contribution in [0, 0.1) is 0 Å². The van der Waals surface area contributed by atoms with Gasteiger partial charge in [-0.25, -0.2) is 4.98 Å². The molecule has 0 saturated carbocycles. The van der Waals surface area contributed by atoms with Crippen LogP contribution in [0.5, 0.6) is 0 Å². The van der Waals surface area contributed by atoms with Gasteiger partial charge in [-0.3, -0.25) is 4.79 Å². The molecular weight excluding hydrogens is 295 g/mol. The number of alkyl halides is 3. The van der Waals surface area contributed by atoms with E-state index in [2.05, 4.69) is 10.3 Å². The largest absolute Gasteiger partial charge is 0.417 e. The topological polar surface area (TPSA) is 46.9 Å². The zero-order valence-electron chi connectivity index (χ0n) is 10.2. The van der Waals surface area contributed by atoms with E-state index in [-0.39, 0.29) is 11.4 Å².